The number of aromatic nitrogens is 1. The summed E-state index contributed by atoms with van der Waals surface area (Å²) >= 11 is 0. The van der Waals surface area contributed by atoms with Gasteiger partial charge in [-0.2, -0.15) is 0 Å². The minimum absolute atomic E-state index is 0.173. The number of hydrogen-bond donors (Lipinski definition) is 0. The lowest BCUT2D eigenvalue weighted by Gasteiger charge is -2.42. The smallest absolute Gasteiger partial charge is 0.261 e. The van der Waals surface area contributed by atoms with E-state index in [1.165, 1.54) is 0 Å². The number of hydrogen-bond acceptors (Lipinski definition) is 5. The zero-order chi connectivity index (χ0) is 18.2. The van der Waals surface area contributed by atoms with E-state index in [0.717, 1.165) is 5.56 Å². The molecule has 2 saturated heterocycles. The summed E-state index contributed by atoms with van der Waals surface area (Å²) < 4.78 is 39.1. The van der Waals surface area contributed by atoms with Crippen molar-refractivity contribution in [3.63, 3.8) is 0 Å². The van der Waals surface area contributed by atoms with Gasteiger partial charge in [0.15, 0.2) is 0 Å². The van der Waals surface area contributed by atoms with E-state index in [0.29, 0.717) is 50.7 Å². The van der Waals surface area contributed by atoms with Crippen LogP contribution >= 0.6 is 0 Å². The van der Waals surface area contributed by atoms with Gasteiger partial charge in [0.05, 0.1) is 24.3 Å². The molecule has 0 aromatic carbocycles. The number of likely N-dealkylation sites (tertiary alicyclic amines) is 2. The van der Waals surface area contributed by atoms with Crippen molar-refractivity contribution in [1.82, 2.24) is 15.0 Å². The van der Waals surface area contributed by atoms with Crippen molar-refractivity contribution in [1.29, 1.82) is 0 Å². The Morgan fingerprint density at radius 2 is 2.08 bits per heavy atom. The van der Waals surface area contributed by atoms with Crippen LogP contribution in [0.25, 0.3) is 0 Å². The maximum atomic E-state index is 14.5. The Balaban J connectivity index is 1.78. The highest BCUT2D eigenvalue weighted by molar-refractivity contribution is 5.85. The molecule has 0 N–H and O–H groups in total. The largest absolute Gasteiger partial charge is 0.383 e. The molecule has 1 amide bonds. The first-order valence-electron chi connectivity index (χ1n) is 8.57. The van der Waals surface area contributed by atoms with E-state index in [1.807, 2.05) is 0 Å². The highest BCUT2D eigenvalue weighted by Gasteiger charge is 2.56. The molecule has 1 aromatic heterocycles. The Kier molecular flexibility index (Phi) is 4.85. The van der Waals surface area contributed by atoms with Gasteiger partial charge in [0.2, 0.25) is 5.91 Å². The van der Waals surface area contributed by atoms with Crippen molar-refractivity contribution in [3.8, 4) is 0 Å². The van der Waals surface area contributed by atoms with Crippen LogP contribution in [0.2, 0.25) is 0 Å². The van der Waals surface area contributed by atoms with Gasteiger partial charge in [-0.25, -0.2) is 8.78 Å². The third-order valence-corrected chi connectivity index (χ3v) is 5.31. The fourth-order valence-electron chi connectivity index (χ4n) is 4.10. The second-order valence-electron chi connectivity index (χ2n) is 7.30. The van der Waals surface area contributed by atoms with Crippen LogP contribution in [-0.4, -0.2) is 66.7 Å². The molecule has 140 valence electrons. The Morgan fingerprint density at radius 1 is 1.32 bits per heavy atom. The second kappa shape index (κ2) is 6.64. The van der Waals surface area contributed by atoms with Gasteiger partial charge in [-0.05, 0) is 20.3 Å². The average molecular weight is 357 g/mol. The number of carbonyl (C=O) groups excluding carboxylic acids is 1. The van der Waals surface area contributed by atoms with E-state index in [9.17, 15) is 13.6 Å². The highest BCUT2D eigenvalue weighted by Crippen LogP contribution is 2.46. The molecule has 25 heavy (non-hydrogen) atoms. The molecule has 1 spiro atoms. The number of carbonyl (C=O) groups is 1. The van der Waals surface area contributed by atoms with Crippen LogP contribution in [-0.2, 0) is 16.1 Å². The van der Waals surface area contributed by atoms with E-state index in [-0.39, 0.29) is 18.9 Å². The normalized spacial score (nSPS) is 26.8. The van der Waals surface area contributed by atoms with Crippen molar-refractivity contribution in [2.45, 2.75) is 39.2 Å². The molecule has 3 heterocycles. The quantitative estimate of drug-likeness (QED) is 0.807. The molecule has 0 bridgehead atoms. The fourth-order valence-corrected chi connectivity index (χ4v) is 4.10. The van der Waals surface area contributed by atoms with Crippen molar-refractivity contribution in [3.05, 3.63) is 17.0 Å². The van der Waals surface area contributed by atoms with Gasteiger partial charge in [-0.1, -0.05) is 5.16 Å². The lowest BCUT2D eigenvalue weighted by Crippen LogP contribution is -2.55. The number of ether oxygens (including phenoxy) is 1. The van der Waals surface area contributed by atoms with Gasteiger partial charge in [0, 0.05) is 45.3 Å². The third-order valence-electron chi connectivity index (χ3n) is 5.31. The summed E-state index contributed by atoms with van der Waals surface area (Å²) in [5.74, 6) is -2.42. The molecule has 0 saturated carbocycles. The van der Waals surface area contributed by atoms with E-state index in [4.69, 9.17) is 9.26 Å². The van der Waals surface area contributed by atoms with Gasteiger partial charge >= 0.3 is 0 Å². The van der Waals surface area contributed by atoms with E-state index in [2.05, 4.69) is 5.16 Å². The molecule has 1 atom stereocenters. The standard InChI is InChI=1S/C17H25F2N3O3/c1-12-14(13(2)25-20-12)8-21-10-16(9-17(18,19)11-21)4-5-22(15(16)23)6-7-24-3/h4-11H2,1-3H3. The molecule has 3 rings (SSSR count). The molecule has 6 nitrogen and oxygen atoms in total. The molecule has 2 aliphatic rings. The lowest BCUT2D eigenvalue weighted by atomic mass is 9.77. The number of piperidine rings is 1. The first-order valence-corrected chi connectivity index (χ1v) is 8.57. The molecular weight excluding hydrogens is 332 g/mol. The summed E-state index contributed by atoms with van der Waals surface area (Å²) in [6.45, 7) is 5.28. The number of nitrogens with zero attached hydrogens (tertiary/aromatic N) is 3. The molecule has 1 aromatic rings. The molecule has 0 radical (unpaired) electrons. The minimum Gasteiger partial charge on any atom is -0.383 e. The molecule has 2 fully saturated rings. The van der Waals surface area contributed by atoms with Gasteiger partial charge in [-0.15, -0.1) is 0 Å². The summed E-state index contributed by atoms with van der Waals surface area (Å²) in [5.41, 5.74) is 0.531. The number of amides is 1. The lowest BCUT2D eigenvalue weighted by molar-refractivity contribution is -0.155. The fraction of sp³-hybridized carbons (Fsp3) is 0.765. The molecular formula is C17H25F2N3O3. The van der Waals surface area contributed by atoms with Gasteiger partial charge in [-0.3, -0.25) is 9.69 Å². The molecule has 1 unspecified atom stereocenters. The maximum Gasteiger partial charge on any atom is 0.261 e. The topological polar surface area (TPSA) is 58.8 Å². The number of halogens is 2. The van der Waals surface area contributed by atoms with Gasteiger partial charge < -0.3 is 14.2 Å². The number of alkyl halides is 2. The van der Waals surface area contributed by atoms with Crippen LogP contribution in [0.4, 0.5) is 8.78 Å². The average Bonchev–Trinajstić information content (AvgIpc) is 2.99. The second-order valence-corrected chi connectivity index (χ2v) is 7.30. The van der Waals surface area contributed by atoms with Gasteiger partial charge in [0.1, 0.15) is 5.76 Å². The third kappa shape index (κ3) is 3.55. The summed E-state index contributed by atoms with van der Waals surface area (Å²) in [4.78, 5) is 16.2. The van der Waals surface area contributed by atoms with Gasteiger partial charge in [0.25, 0.3) is 5.92 Å². The van der Waals surface area contributed by atoms with Crippen molar-refractivity contribution in [2.75, 3.05) is 39.9 Å². The molecule has 8 heteroatoms. The predicted molar refractivity (Wildman–Crippen MR) is 86.3 cm³/mol. The number of rotatable bonds is 5. The van der Waals surface area contributed by atoms with Crippen LogP contribution in [0.1, 0.15) is 29.9 Å². The zero-order valence-corrected chi connectivity index (χ0v) is 15.0. The zero-order valence-electron chi connectivity index (χ0n) is 15.0. The summed E-state index contributed by atoms with van der Waals surface area (Å²) in [5, 5.41) is 3.89. The Hall–Kier alpha value is -1.54. The van der Waals surface area contributed by atoms with Crippen LogP contribution in [0.15, 0.2) is 4.52 Å². The van der Waals surface area contributed by atoms with Crippen LogP contribution in [0.5, 0.6) is 0 Å². The Bertz CT molecular complexity index is 630. The monoisotopic (exact) mass is 357 g/mol. The number of methoxy groups -OCH3 is 1. The minimum atomic E-state index is -2.88. The van der Waals surface area contributed by atoms with Crippen molar-refractivity contribution >= 4 is 5.91 Å². The van der Waals surface area contributed by atoms with Crippen LogP contribution in [0, 0.1) is 19.3 Å². The Labute approximate surface area is 146 Å². The summed E-state index contributed by atoms with van der Waals surface area (Å²) in [6.07, 6.45) is 0.0870. The summed E-state index contributed by atoms with van der Waals surface area (Å²) in [7, 11) is 1.57. The van der Waals surface area contributed by atoms with E-state index in [1.54, 1.807) is 30.8 Å². The van der Waals surface area contributed by atoms with Crippen LogP contribution in [0.3, 0.4) is 0 Å². The number of aryl methyl sites for hydroxylation is 2. The Morgan fingerprint density at radius 3 is 2.72 bits per heavy atom. The van der Waals surface area contributed by atoms with E-state index >= 15 is 0 Å². The van der Waals surface area contributed by atoms with Crippen molar-refractivity contribution in [2.24, 2.45) is 5.41 Å². The molecule has 0 aliphatic carbocycles. The van der Waals surface area contributed by atoms with E-state index < -0.39 is 11.3 Å². The van der Waals surface area contributed by atoms with Crippen LogP contribution < -0.4 is 0 Å². The first kappa shape index (κ1) is 18.3. The first-order chi connectivity index (χ1) is 11.8. The molecule has 2 aliphatic heterocycles. The summed E-state index contributed by atoms with van der Waals surface area (Å²) in [6, 6.07) is 0. The maximum absolute atomic E-state index is 14.5. The highest BCUT2D eigenvalue weighted by atomic mass is 19.3. The van der Waals surface area contributed by atoms with Crippen molar-refractivity contribution < 1.29 is 22.8 Å². The SMILES string of the molecule is COCCN1CCC2(CN(Cc3c(C)noc3C)CC(F)(F)C2)C1=O. The predicted octanol–water partition coefficient (Wildman–Crippen LogP) is 2.00.